The molecule has 0 aromatic carbocycles. The van der Waals surface area contributed by atoms with Crippen LogP contribution in [0.25, 0.3) is 0 Å². The second-order valence-corrected chi connectivity index (χ2v) is 4.77. The van der Waals surface area contributed by atoms with Crippen LogP contribution in [0.4, 0.5) is 0 Å². The molecule has 1 amide bonds. The molecular weight excluding hydrogens is 220 g/mol. The molecule has 0 bridgehead atoms. The summed E-state index contributed by atoms with van der Waals surface area (Å²) in [4.78, 5) is 25.3. The molecule has 0 aromatic rings. The fraction of sp³-hybridized carbons (Fsp3) is 0.833. The molecule has 2 saturated heterocycles. The average molecular weight is 240 g/mol. The highest BCUT2D eigenvalue weighted by Crippen LogP contribution is 2.20. The van der Waals surface area contributed by atoms with Crippen molar-refractivity contribution in [1.29, 1.82) is 0 Å². The Kier molecular flexibility index (Phi) is 3.99. The number of hydrogen-bond donors (Lipinski definition) is 1. The smallest absolute Gasteiger partial charge is 0.308 e. The summed E-state index contributed by atoms with van der Waals surface area (Å²) in [7, 11) is 1.42. The summed E-state index contributed by atoms with van der Waals surface area (Å²) in [6.45, 7) is 2.29. The molecule has 5 nitrogen and oxygen atoms in total. The number of esters is 1. The maximum absolute atomic E-state index is 12.1. The van der Waals surface area contributed by atoms with Gasteiger partial charge < -0.3 is 15.0 Å². The van der Waals surface area contributed by atoms with E-state index in [2.05, 4.69) is 5.32 Å². The van der Waals surface area contributed by atoms with Crippen molar-refractivity contribution < 1.29 is 14.3 Å². The molecule has 2 fully saturated rings. The van der Waals surface area contributed by atoms with Crippen LogP contribution in [0.15, 0.2) is 0 Å². The molecular formula is C12H20N2O3. The van der Waals surface area contributed by atoms with Crippen LogP contribution in [0.1, 0.15) is 25.7 Å². The first kappa shape index (κ1) is 12.4. The molecule has 2 rings (SSSR count). The molecule has 0 radical (unpaired) electrons. The number of ether oxygens (including phenoxy) is 1. The third-order valence-electron chi connectivity index (χ3n) is 3.70. The van der Waals surface area contributed by atoms with Gasteiger partial charge in [-0.05, 0) is 32.2 Å². The number of nitrogens with one attached hydrogen (secondary N) is 1. The monoisotopic (exact) mass is 240 g/mol. The minimum atomic E-state index is -0.143. The molecule has 0 aliphatic carbocycles. The molecule has 5 heteroatoms. The first-order valence-electron chi connectivity index (χ1n) is 6.32. The number of carbonyl (C=O) groups excluding carboxylic acids is 2. The lowest BCUT2D eigenvalue weighted by Gasteiger charge is -2.32. The van der Waals surface area contributed by atoms with E-state index in [0.717, 1.165) is 32.2 Å². The minimum Gasteiger partial charge on any atom is -0.469 e. The highest BCUT2D eigenvalue weighted by atomic mass is 16.5. The number of hydrogen-bond acceptors (Lipinski definition) is 4. The quantitative estimate of drug-likeness (QED) is 0.698. The van der Waals surface area contributed by atoms with E-state index in [1.165, 1.54) is 7.11 Å². The van der Waals surface area contributed by atoms with Gasteiger partial charge in [0, 0.05) is 13.1 Å². The Balaban J connectivity index is 1.82. The summed E-state index contributed by atoms with van der Waals surface area (Å²) in [5.41, 5.74) is 0. The Morgan fingerprint density at radius 3 is 2.47 bits per heavy atom. The highest BCUT2D eigenvalue weighted by molar-refractivity contribution is 5.82. The minimum absolute atomic E-state index is 0.00433. The first-order valence-corrected chi connectivity index (χ1v) is 6.32. The van der Waals surface area contributed by atoms with E-state index in [1.807, 2.05) is 4.90 Å². The van der Waals surface area contributed by atoms with Gasteiger partial charge in [-0.2, -0.15) is 0 Å². The molecule has 17 heavy (non-hydrogen) atoms. The van der Waals surface area contributed by atoms with Gasteiger partial charge in [0.2, 0.25) is 5.91 Å². The van der Waals surface area contributed by atoms with Gasteiger partial charge in [0.15, 0.2) is 0 Å². The van der Waals surface area contributed by atoms with Crippen LogP contribution in [0, 0.1) is 5.92 Å². The van der Waals surface area contributed by atoms with E-state index in [4.69, 9.17) is 4.74 Å². The second kappa shape index (κ2) is 5.49. The molecule has 1 N–H and O–H groups in total. The molecule has 2 aliphatic heterocycles. The van der Waals surface area contributed by atoms with Gasteiger partial charge in [0.25, 0.3) is 0 Å². The van der Waals surface area contributed by atoms with Crippen LogP contribution >= 0.6 is 0 Å². The Bertz CT molecular complexity index is 292. The Labute approximate surface area is 101 Å². The van der Waals surface area contributed by atoms with Crippen LogP contribution in [-0.4, -0.2) is 49.6 Å². The van der Waals surface area contributed by atoms with Gasteiger partial charge in [-0.3, -0.25) is 9.59 Å². The zero-order valence-corrected chi connectivity index (χ0v) is 10.3. The number of likely N-dealkylation sites (tertiary alicyclic amines) is 1. The maximum Gasteiger partial charge on any atom is 0.308 e. The topological polar surface area (TPSA) is 58.6 Å². The Morgan fingerprint density at radius 1 is 1.24 bits per heavy atom. The van der Waals surface area contributed by atoms with Crippen LogP contribution in [0.5, 0.6) is 0 Å². The normalized spacial score (nSPS) is 25.9. The third-order valence-corrected chi connectivity index (χ3v) is 3.70. The maximum atomic E-state index is 12.1. The first-order chi connectivity index (χ1) is 8.22. The standard InChI is InChI=1S/C12H20N2O3/c1-17-12(16)9-4-7-14(8-5-9)11(15)10-3-2-6-13-10/h9-10,13H,2-8H2,1H3/t10-/m1/s1. The summed E-state index contributed by atoms with van der Waals surface area (Å²) in [6, 6.07) is 0.00433. The van der Waals surface area contributed by atoms with Gasteiger partial charge in [-0.1, -0.05) is 0 Å². The van der Waals surface area contributed by atoms with Gasteiger partial charge >= 0.3 is 5.97 Å². The summed E-state index contributed by atoms with van der Waals surface area (Å²) >= 11 is 0. The third kappa shape index (κ3) is 2.77. The lowest BCUT2D eigenvalue weighted by molar-refractivity contribution is -0.149. The van der Waals surface area contributed by atoms with Gasteiger partial charge in [-0.15, -0.1) is 0 Å². The second-order valence-electron chi connectivity index (χ2n) is 4.77. The predicted octanol–water partition coefficient (Wildman–Crippen LogP) is 0.150. The summed E-state index contributed by atoms with van der Waals surface area (Å²) < 4.78 is 4.73. The highest BCUT2D eigenvalue weighted by Gasteiger charge is 2.32. The summed E-state index contributed by atoms with van der Waals surface area (Å²) in [6.07, 6.45) is 3.47. The molecule has 2 heterocycles. The van der Waals surface area contributed by atoms with Crippen molar-refractivity contribution in [3.8, 4) is 0 Å². The molecule has 0 spiro atoms. The van der Waals surface area contributed by atoms with E-state index in [-0.39, 0.29) is 23.8 Å². The van der Waals surface area contributed by atoms with Crippen molar-refractivity contribution in [2.24, 2.45) is 5.92 Å². The van der Waals surface area contributed by atoms with Crippen LogP contribution < -0.4 is 5.32 Å². The Morgan fingerprint density at radius 2 is 1.94 bits per heavy atom. The lowest BCUT2D eigenvalue weighted by Crippen LogP contribution is -2.47. The van der Waals surface area contributed by atoms with Gasteiger partial charge in [-0.25, -0.2) is 0 Å². The summed E-state index contributed by atoms with van der Waals surface area (Å²) in [5, 5.41) is 3.22. The van der Waals surface area contributed by atoms with Crippen molar-refractivity contribution in [2.75, 3.05) is 26.7 Å². The fourth-order valence-electron chi connectivity index (χ4n) is 2.62. The van der Waals surface area contributed by atoms with Crippen molar-refractivity contribution in [3.63, 3.8) is 0 Å². The zero-order valence-electron chi connectivity index (χ0n) is 10.3. The predicted molar refractivity (Wildman–Crippen MR) is 62.3 cm³/mol. The lowest BCUT2D eigenvalue weighted by atomic mass is 9.96. The SMILES string of the molecule is COC(=O)C1CCN(C(=O)[C@H]2CCCN2)CC1. The van der Waals surface area contributed by atoms with E-state index in [9.17, 15) is 9.59 Å². The average Bonchev–Trinajstić information content (AvgIpc) is 2.91. The van der Waals surface area contributed by atoms with E-state index < -0.39 is 0 Å². The Hall–Kier alpha value is -1.10. The number of carbonyl (C=O) groups is 2. The molecule has 0 saturated carbocycles. The van der Waals surface area contributed by atoms with Crippen LogP contribution in [0.3, 0.4) is 0 Å². The van der Waals surface area contributed by atoms with E-state index >= 15 is 0 Å². The number of piperidine rings is 1. The fourth-order valence-corrected chi connectivity index (χ4v) is 2.62. The number of nitrogens with zero attached hydrogens (tertiary/aromatic N) is 1. The van der Waals surface area contributed by atoms with E-state index in [1.54, 1.807) is 0 Å². The van der Waals surface area contributed by atoms with Crippen molar-refractivity contribution >= 4 is 11.9 Å². The molecule has 96 valence electrons. The van der Waals surface area contributed by atoms with Gasteiger partial charge in [0.1, 0.15) is 0 Å². The van der Waals surface area contributed by atoms with E-state index in [0.29, 0.717) is 13.1 Å². The van der Waals surface area contributed by atoms with Crippen molar-refractivity contribution in [2.45, 2.75) is 31.7 Å². The molecule has 0 aromatic heterocycles. The molecule has 0 unspecified atom stereocenters. The zero-order chi connectivity index (χ0) is 12.3. The van der Waals surface area contributed by atoms with Crippen LogP contribution in [0.2, 0.25) is 0 Å². The van der Waals surface area contributed by atoms with Crippen molar-refractivity contribution in [3.05, 3.63) is 0 Å². The number of amides is 1. The van der Waals surface area contributed by atoms with Crippen molar-refractivity contribution in [1.82, 2.24) is 10.2 Å². The molecule has 1 atom stereocenters. The largest absolute Gasteiger partial charge is 0.469 e. The molecule has 2 aliphatic rings. The van der Waals surface area contributed by atoms with Gasteiger partial charge in [0.05, 0.1) is 19.1 Å². The number of rotatable bonds is 2. The number of methoxy groups -OCH3 is 1. The van der Waals surface area contributed by atoms with Crippen LogP contribution in [-0.2, 0) is 14.3 Å². The summed E-state index contributed by atoms with van der Waals surface area (Å²) in [5.74, 6) is 0.0301.